The van der Waals surface area contributed by atoms with Crippen LogP contribution >= 0.6 is 23.2 Å². The monoisotopic (exact) mass is 302 g/mol. The molecule has 1 amide bonds. The van der Waals surface area contributed by atoms with Crippen LogP contribution in [0.15, 0.2) is 12.1 Å². The van der Waals surface area contributed by atoms with Crippen LogP contribution in [0, 0.1) is 17.7 Å². The smallest absolute Gasteiger partial charge is 0.255 e. The maximum atomic E-state index is 13.5. The molecule has 1 aromatic rings. The molecule has 0 radical (unpaired) electrons. The second-order valence-corrected chi connectivity index (χ2v) is 5.95. The molecular weight excluding hydrogens is 290 g/mol. The molecule has 0 aliphatic carbocycles. The van der Waals surface area contributed by atoms with E-state index in [0.717, 1.165) is 19.2 Å². The van der Waals surface area contributed by atoms with E-state index < -0.39 is 5.82 Å². The summed E-state index contributed by atoms with van der Waals surface area (Å²) in [6.45, 7) is 3.29. The van der Waals surface area contributed by atoms with Gasteiger partial charge in [0.15, 0.2) is 0 Å². The highest BCUT2D eigenvalue weighted by Gasteiger charge is 2.38. The summed E-state index contributed by atoms with van der Waals surface area (Å²) in [6.07, 6.45) is 0. The number of hydrogen-bond acceptors (Lipinski definition) is 2. The molecule has 19 heavy (non-hydrogen) atoms. The first kappa shape index (κ1) is 13.2. The fraction of sp³-hybridized carbons (Fsp3) is 0.462. The van der Waals surface area contributed by atoms with E-state index in [1.54, 1.807) is 4.90 Å². The molecule has 3 nitrogen and oxygen atoms in total. The van der Waals surface area contributed by atoms with Crippen molar-refractivity contribution in [1.29, 1.82) is 0 Å². The summed E-state index contributed by atoms with van der Waals surface area (Å²) in [5.41, 5.74) is 0.191. The zero-order valence-electron chi connectivity index (χ0n) is 10.1. The lowest BCUT2D eigenvalue weighted by atomic mass is 10.0. The van der Waals surface area contributed by atoms with Crippen molar-refractivity contribution in [1.82, 2.24) is 10.2 Å². The molecule has 102 valence electrons. The SMILES string of the molecule is O=C(c1cc(F)c(Cl)cc1Cl)N1C[C@H]2CNC[C@H]2C1. The molecule has 2 atom stereocenters. The van der Waals surface area contributed by atoms with Gasteiger partial charge in [-0.25, -0.2) is 4.39 Å². The van der Waals surface area contributed by atoms with Gasteiger partial charge in [-0.2, -0.15) is 0 Å². The largest absolute Gasteiger partial charge is 0.338 e. The predicted molar refractivity (Wildman–Crippen MR) is 72.2 cm³/mol. The van der Waals surface area contributed by atoms with Gasteiger partial charge in [0.05, 0.1) is 15.6 Å². The minimum Gasteiger partial charge on any atom is -0.338 e. The Morgan fingerprint density at radius 3 is 2.47 bits per heavy atom. The van der Waals surface area contributed by atoms with Crippen molar-refractivity contribution >= 4 is 29.1 Å². The summed E-state index contributed by atoms with van der Waals surface area (Å²) in [4.78, 5) is 14.1. The highest BCUT2D eigenvalue weighted by molar-refractivity contribution is 6.36. The number of carbonyl (C=O) groups excluding carboxylic acids is 1. The number of halogens is 3. The lowest BCUT2D eigenvalue weighted by molar-refractivity contribution is 0.0781. The molecule has 0 aromatic heterocycles. The Bertz CT molecular complexity index is 526. The van der Waals surface area contributed by atoms with Gasteiger partial charge in [-0.15, -0.1) is 0 Å². The van der Waals surface area contributed by atoms with Gasteiger partial charge >= 0.3 is 0 Å². The van der Waals surface area contributed by atoms with Crippen LogP contribution in [0.3, 0.4) is 0 Å². The van der Waals surface area contributed by atoms with Gasteiger partial charge in [-0.05, 0) is 24.0 Å². The number of amides is 1. The minimum atomic E-state index is -0.615. The molecule has 1 N–H and O–H groups in total. The Balaban J connectivity index is 1.83. The first-order valence-corrected chi connectivity index (χ1v) is 6.96. The third-order valence-corrected chi connectivity index (χ3v) is 4.52. The van der Waals surface area contributed by atoms with Crippen LogP contribution in [0.4, 0.5) is 4.39 Å². The van der Waals surface area contributed by atoms with Gasteiger partial charge in [-0.1, -0.05) is 23.2 Å². The third kappa shape index (κ3) is 2.33. The maximum absolute atomic E-state index is 13.5. The van der Waals surface area contributed by atoms with Crippen LogP contribution < -0.4 is 5.32 Å². The highest BCUT2D eigenvalue weighted by atomic mass is 35.5. The summed E-state index contributed by atoms with van der Waals surface area (Å²) < 4.78 is 13.5. The second-order valence-electron chi connectivity index (χ2n) is 5.13. The maximum Gasteiger partial charge on any atom is 0.255 e. The van der Waals surface area contributed by atoms with Gasteiger partial charge < -0.3 is 10.2 Å². The number of rotatable bonds is 1. The molecule has 2 aliphatic rings. The van der Waals surface area contributed by atoms with E-state index >= 15 is 0 Å². The van der Waals surface area contributed by atoms with E-state index in [2.05, 4.69) is 5.32 Å². The van der Waals surface area contributed by atoms with Crippen molar-refractivity contribution in [3.63, 3.8) is 0 Å². The molecule has 3 rings (SSSR count). The van der Waals surface area contributed by atoms with Gasteiger partial charge in [0.1, 0.15) is 5.82 Å². The van der Waals surface area contributed by atoms with Crippen LogP contribution in [-0.4, -0.2) is 37.0 Å². The first-order chi connectivity index (χ1) is 9.06. The number of fused-ring (bicyclic) bond motifs is 1. The molecule has 0 bridgehead atoms. The molecule has 0 unspecified atom stereocenters. The highest BCUT2D eigenvalue weighted by Crippen LogP contribution is 2.30. The molecule has 1 aromatic carbocycles. The molecule has 0 saturated carbocycles. The first-order valence-electron chi connectivity index (χ1n) is 6.21. The topological polar surface area (TPSA) is 32.3 Å². The zero-order chi connectivity index (χ0) is 13.6. The number of nitrogens with one attached hydrogen (secondary N) is 1. The summed E-state index contributed by atoms with van der Waals surface area (Å²) in [7, 11) is 0. The minimum absolute atomic E-state index is 0.0657. The number of likely N-dealkylation sites (tertiary alicyclic amines) is 1. The van der Waals surface area contributed by atoms with E-state index in [1.165, 1.54) is 6.07 Å². The third-order valence-electron chi connectivity index (χ3n) is 3.92. The number of hydrogen-bond donors (Lipinski definition) is 1. The van der Waals surface area contributed by atoms with Gasteiger partial charge in [0.2, 0.25) is 0 Å². The molecular formula is C13H13Cl2FN2O. The zero-order valence-corrected chi connectivity index (χ0v) is 11.6. The predicted octanol–water partition coefficient (Wildman–Crippen LogP) is 2.42. The summed E-state index contributed by atoms with van der Waals surface area (Å²) in [6, 6.07) is 2.41. The Morgan fingerprint density at radius 2 is 1.84 bits per heavy atom. The Kier molecular flexibility index (Phi) is 3.41. The molecule has 6 heteroatoms. The Labute approximate surface area is 120 Å². The average Bonchev–Trinajstić information content (AvgIpc) is 2.93. The molecule has 2 saturated heterocycles. The van der Waals surface area contributed by atoms with Gasteiger partial charge in [0, 0.05) is 26.2 Å². The standard InChI is InChI=1S/C13H13Cl2FN2O/c14-10-2-11(15)12(16)1-9(10)13(19)18-5-7-3-17-4-8(7)6-18/h1-2,7-8,17H,3-6H2/t7-,8+. The fourth-order valence-corrected chi connectivity index (χ4v) is 3.34. The normalized spacial score (nSPS) is 25.7. The fourth-order valence-electron chi connectivity index (χ4n) is 2.88. The lowest BCUT2D eigenvalue weighted by Crippen LogP contribution is -2.32. The van der Waals surface area contributed by atoms with E-state index in [9.17, 15) is 9.18 Å². The summed E-state index contributed by atoms with van der Waals surface area (Å²) in [5, 5.41) is 3.44. The second kappa shape index (κ2) is 4.93. The van der Waals surface area contributed by atoms with Crippen LogP contribution in [0.1, 0.15) is 10.4 Å². The Morgan fingerprint density at radius 1 is 1.21 bits per heavy atom. The molecule has 2 heterocycles. The van der Waals surface area contributed by atoms with Crippen molar-refractivity contribution in [2.45, 2.75) is 0 Å². The lowest BCUT2D eigenvalue weighted by Gasteiger charge is -2.18. The van der Waals surface area contributed by atoms with Gasteiger partial charge in [0.25, 0.3) is 5.91 Å². The average molecular weight is 303 g/mol. The number of nitrogens with zero attached hydrogens (tertiary/aromatic N) is 1. The van der Waals surface area contributed by atoms with Crippen molar-refractivity contribution in [3.8, 4) is 0 Å². The van der Waals surface area contributed by atoms with Crippen molar-refractivity contribution in [2.24, 2.45) is 11.8 Å². The van der Waals surface area contributed by atoms with Crippen LogP contribution in [0.5, 0.6) is 0 Å². The van der Waals surface area contributed by atoms with E-state index in [-0.39, 0.29) is 21.5 Å². The Hall–Kier alpha value is -0.840. The molecule has 2 fully saturated rings. The van der Waals surface area contributed by atoms with Crippen molar-refractivity contribution in [3.05, 3.63) is 33.6 Å². The number of benzene rings is 1. The van der Waals surface area contributed by atoms with E-state index in [0.29, 0.717) is 24.9 Å². The van der Waals surface area contributed by atoms with E-state index in [1.807, 2.05) is 0 Å². The quantitative estimate of drug-likeness (QED) is 0.808. The van der Waals surface area contributed by atoms with E-state index in [4.69, 9.17) is 23.2 Å². The molecule has 2 aliphatic heterocycles. The van der Waals surface area contributed by atoms with Crippen LogP contribution in [0.2, 0.25) is 10.0 Å². The summed E-state index contributed by atoms with van der Waals surface area (Å²) >= 11 is 11.6. The van der Waals surface area contributed by atoms with Crippen LogP contribution in [0.25, 0.3) is 0 Å². The molecule has 0 spiro atoms. The van der Waals surface area contributed by atoms with Crippen LogP contribution in [-0.2, 0) is 0 Å². The van der Waals surface area contributed by atoms with Crippen molar-refractivity contribution in [2.75, 3.05) is 26.2 Å². The number of carbonyl (C=O) groups is 1. The van der Waals surface area contributed by atoms with Gasteiger partial charge in [-0.3, -0.25) is 4.79 Å². The van der Waals surface area contributed by atoms with Crippen molar-refractivity contribution < 1.29 is 9.18 Å². The summed E-state index contributed by atoms with van der Waals surface area (Å²) in [5.74, 6) is 0.171.